The topological polar surface area (TPSA) is 84.0 Å². The van der Waals surface area contributed by atoms with Crippen molar-refractivity contribution < 1.29 is 13.5 Å². The molecular weight excluding hydrogens is 390 g/mol. The number of sulfone groups is 1. The molecule has 0 radical (unpaired) electrons. The van der Waals surface area contributed by atoms with E-state index in [0.717, 1.165) is 16.8 Å². The number of aromatic hydroxyl groups is 1. The van der Waals surface area contributed by atoms with Crippen LogP contribution in [0.25, 0.3) is 6.08 Å². The van der Waals surface area contributed by atoms with E-state index in [1.54, 1.807) is 16.9 Å². The fraction of sp³-hybridized carbons (Fsp3) is 0.235. The second-order valence-electron chi connectivity index (χ2n) is 6.14. The first-order valence-electron chi connectivity index (χ1n) is 7.98. The monoisotopic (exact) mass is 405 g/mol. The summed E-state index contributed by atoms with van der Waals surface area (Å²) in [5, 5.41) is 18.8. The minimum atomic E-state index is -3.06. The SMILES string of the molecule is O=S1(=O)CC[C@H](n2c(O)c(C=C3C=NN=C3c3ccccc3)sc2=S)C1. The molecule has 0 spiro atoms. The van der Waals surface area contributed by atoms with E-state index in [1.165, 1.54) is 11.3 Å². The van der Waals surface area contributed by atoms with Crippen molar-refractivity contribution >= 4 is 51.4 Å². The average molecular weight is 406 g/mol. The molecule has 0 amide bonds. The molecule has 2 aromatic rings. The predicted molar refractivity (Wildman–Crippen MR) is 107 cm³/mol. The molecule has 0 aliphatic carbocycles. The lowest BCUT2D eigenvalue weighted by Gasteiger charge is -2.11. The van der Waals surface area contributed by atoms with Gasteiger partial charge in [-0.25, -0.2) is 8.42 Å². The van der Waals surface area contributed by atoms with Crippen molar-refractivity contribution in [1.82, 2.24) is 4.57 Å². The van der Waals surface area contributed by atoms with Crippen molar-refractivity contribution in [2.24, 2.45) is 10.2 Å². The Balaban J connectivity index is 1.71. The molecule has 2 aliphatic heterocycles. The molecule has 1 aromatic carbocycles. The third-order valence-corrected chi connectivity index (χ3v) is 7.47. The van der Waals surface area contributed by atoms with Gasteiger partial charge in [0.05, 0.1) is 28.6 Å². The van der Waals surface area contributed by atoms with Crippen molar-refractivity contribution in [1.29, 1.82) is 0 Å². The Hall–Kier alpha value is -2.10. The minimum absolute atomic E-state index is 0.00214. The first-order chi connectivity index (χ1) is 12.4. The van der Waals surface area contributed by atoms with Crippen molar-refractivity contribution in [2.45, 2.75) is 12.5 Å². The van der Waals surface area contributed by atoms with Gasteiger partial charge in [0.1, 0.15) is 5.71 Å². The maximum Gasteiger partial charge on any atom is 0.210 e. The zero-order chi connectivity index (χ0) is 18.3. The molecule has 1 saturated heterocycles. The van der Waals surface area contributed by atoms with E-state index in [9.17, 15) is 13.5 Å². The number of hydrogen-bond acceptors (Lipinski definition) is 7. The number of aromatic nitrogens is 1. The molecule has 4 rings (SSSR count). The molecule has 9 heteroatoms. The maximum atomic E-state index is 11.8. The highest BCUT2D eigenvalue weighted by atomic mass is 32.2. The van der Waals surface area contributed by atoms with Crippen molar-refractivity contribution in [2.75, 3.05) is 11.5 Å². The van der Waals surface area contributed by atoms with E-state index in [2.05, 4.69) is 10.2 Å². The Morgan fingerprint density at radius 2 is 2.08 bits per heavy atom. The van der Waals surface area contributed by atoms with Crippen LogP contribution in [0.3, 0.4) is 0 Å². The fourth-order valence-electron chi connectivity index (χ4n) is 3.12. The second-order valence-corrected chi connectivity index (χ2v) is 10.0. The Morgan fingerprint density at radius 1 is 1.31 bits per heavy atom. The van der Waals surface area contributed by atoms with Crippen LogP contribution in [-0.2, 0) is 9.84 Å². The Bertz CT molecular complexity index is 1110. The van der Waals surface area contributed by atoms with Gasteiger partial charge in [-0.1, -0.05) is 30.3 Å². The summed E-state index contributed by atoms with van der Waals surface area (Å²) in [5.74, 6) is 0.143. The lowest BCUT2D eigenvalue weighted by atomic mass is 10.0. The van der Waals surface area contributed by atoms with Crippen LogP contribution in [0.15, 0.2) is 46.1 Å². The molecule has 0 saturated carbocycles. The zero-order valence-electron chi connectivity index (χ0n) is 13.6. The highest BCUT2D eigenvalue weighted by Crippen LogP contribution is 2.36. The summed E-state index contributed by atoms with van der Waals surface area (Å²) in [5.41, 5.74) is 2.42. The highest BCUT2D eigenvalue weighted by Gasteiger charge is 2.31. The first-order valence-corrected chi connectivity index (χ1v) is 11.0. The van der Waals surface area contributed by atoms with Crippen molar-refractivity contribution in [3.8, 4) is 5.88 Å². The molecular formula is C17H15N3O3S3. The number of nitrogens with zero attached hydrogens (tertiary/aromatic N) is 3. The van der Waals surface area contributed by atoms with Crippen molar-refractivity contribution in [3.63, 3.8) is 0 Å². The van der Waals surface area contributed by atoms with Crippen molar-refractivity contribution in [3.05, 3.63) is 50.3 Å². The van der Waals surface area contributed by atoms with Crippen LogP contribution in [0.2, 0.25) is 0 Å². The van der Waals surface area contributed by atoms with Gasteiger partial charge in [-0.2, -0.15) is 5.10 Å². The Kier molecular flexibility index (Phi) is 4.37. The summed E-state index contributed by atoms with van der Waals surface area (Å²) in [6.45, 7) is 0. The minimum Gasteiger partial charge on any atom is -0.493 e. The van der Waals surface area contributed by atoms with Crippen LogP contribution in [-0.4, -0.2) is 41.5 Å². The van der Waals surface area contributed by atoms with Gasteiger partial charge in [0.2, 0.25) is 5.88 Å². The summed E-state index contributed by atoms with van der Waals surface area (Å²) in [4.78, 5) is 0.575. The standard InChI is InChI=1S/C17H15N3O3S3/c21-16-14(25-17(24)20(16)13-6-7-26(22,23)10-13)8-12-9-18-19-15(12)11-4-2-1-3-5-11/h1-5,8-9,13,21H,6-7,10H2/t13-/m0/s1. The number of allylic oxidation sites excluding steroid dienone is 1. The van der Waals surface area contributed by atoms with Crippen LogP contribution < -0.4 is 0 Å². The lowest BCUT2D eigenvalue weighted by Crippen LogP contribution is -2.10. The molecule has 134 valence electrons. The van der Waals surface area contributed by atoms with E-state index in [-0.39, 0.29) is 23.4 Å². The summed E-state index contributed by atoms with van der Waals surface area (Å²) >= 11 is 6.62. The molecule has 1 aromatic heterocycles. The number of benzene rings is 1. The fourth-order valence-corrected chi connectivity index (χ4v) is 6.23. The van der Waals surface area contributed by atoms with Gasteiger partial charge in [-0.05, 0) is 24.7 Å². The van der Waals surface area contributed by atoms with Crippen LogP contribution in [0.4, 0.5) is 0 Å². The normalized spacial score (nSPS) is 22.8. The summed E-state index contributed by atoms with van der Waals surface area (Å²) in [6.07, 6.45) is 3.89. The number of rotatable bonds is 3. The van der Waals surface area contributed by atoms with Gasteiger partial charge < -0.3 is 5.11 Å². The third-order valence-electron chi connectivity index (χ3n) is 4.38. The Labute approximate surface area is 159 Å². The molecule has 26 heavy (non-hydrogen) atoms. The maximum absolute atomic E-state index is 11.8. The summed E-state index contributed by atoms with van der Waals surface area (Å²) in [6, 6.07) is 9.35. The molecule has 0 bridgehead atoms. The first kappa shape index (κ1) is 17.3. The lowest BCUT2D eigenvalue weighted by molar-refractivity contribution is 0.390. The molecule has 0 unspecified atom stereocenters. The third kappa shape index (κ3) is 3.17. The van der Waals surface area contributed by atoms with Gasteiger partial charge in [0, 0.05) is 11.1 Å². The molecule has 1 atom stereocenters. The van der Waals surface area contributed by atoms with E-state index >= 15 is 0 Å². The number of thiazole rings is 1. The van der Waals surface area contributed by atoms with Crippen LogP contribution in [0.5, 0.6) is 5.88 Å². The highest BCUT2D eigenvalue weighted by molar-refractivity contribution is 7.91. The van der Waals surface area contributed by atoms with E-state index < -0.39 is 9.84 Å². The number of hydrogen-bond donors (Lipinski definition) is 1. The predicted octanol–water partition coefficient (Wildman–Crippen LogP) is 3.22. The van der Waals surface area contributed by atoms with Gasteiger partial charge >= 0.3 is 0 Å². The van der Waals surface area contributed by atoms with Gasteiger partial charge in [0.15, 0.2) is 13.8 Å². The van der Waals surface area contributed by atoms with Crippen LogP contribution in [0, 0.1) is 3.95 Å². The zero-order valence-corrected chi connectivity index (χ0v) is 16.0. The van der Waals surface area contributed by atoms with Gasteiger partial charge in [-0.15, -0.1) is 16.4 Å². The smallest absolute Gasteiger partial charge is 0.210 e. The quantitative estimate of drug-likeness (QED) is 0.795. The molecule has 6 nitrogen and oxygen atoms in total. The van der Waals surface area contributed by atoms with Gasteiger partial charge in [0.25, 0.3) is 0 Å². The summed E-state index contributed by atoms with van der Waals surface area (Å²) < 4.78 is 25.5. The molecule has 2 aliphatic rings. The van der Waals surface area contributed by atoms with Crippen LogP contribution >= 0.6 is 23.6 Å². The van der Waals surface area contributed by atoms with E-state index in [0.29, 0.717) is 15.3 Å². The Morgan fingerprint density at radius 3 is 2.77 bits per heavy atom. The molecule has 3 heterocycles. The van der Waals surface area contributed by atoms with Gasteiger partial charge in [-0.3, -0.25) is 4.57 Å². The van der Waals surface area contributed by atoms with Crippen LogP contribution in [0.1, 0.15) is 22.9 Å². The second kappa shape index (κ2) is 6.57. The molecule has 1 fully saturated rings. The largest absolute Gasteiger partial charge is 0.493 e. The van der Waals surface area contributed by atoms with E-state index in [1.807, 2.05) is 30.3 Å². The van der Waals surface area contributed by atoms with E-state index in [4.69, 9.17) is 12.2 Å². The molecule has 1 N–H and O–H groups in total. The summed E-state index contributed by atoms with van der Waals surface area (Å²) in [7, 11) is -3.06. The average Bonchev–Trinajstić information content (AvgIpc) is 3.28.